The molecule has 1 N–H and O–H groups in total. The molecule has 1 saturated carbocycles. The van der Waals surface area contributed by atoms with Crippen molar-refractivity contribution in [2.75, 3.05) is 0 Å². The maximum Gasteiger partial charge on any atom is 0.303 e. The number of rotatable bonds is 5. The van der Waals surface area contributed by atoms with E-state index in [0.717, 1.165) is 29.5 Å². The number of allylic oxidation sites excluding steroid dienone is 1. The zero-order valence-corrected chi connectivity index (χ0v) is 10.1. The Hall–Kier alpha value is -1.57. The lowest BCUT2D eigenvalue weighted by molar-refractivity contribution is -0.137. The largest absolute Gasteiger partial charge is 0.481 e. The number of hydrogen-bond acceptors (Lipinski definition) is 1. The molecule has 0 radical (unpaired) electrons. The number of carboxylic acids is 1. The van der Waals surface area contributed by atoms with Crippen LogP contribution in [-0.2, 0) is 4.79 Å². The van der Waals surface area contributed by atoms with E-state index in [4.69, 9.17) is 5.11 Å². The molecule has 17 heavy (non-hydrogen) atoms. The van der Waals surface area contributed by atoms with Crippen molar-refractivity contribution in [1.29, 1.82) is 0 Å². The second kappa shape index (κ2) is 4.74. The third-order valence-electron chi connectivity index (χ3n) is 3.39. The van der Waals surface area contributed by atoms with Crippen molar-refractivity contribution >= 4 is 11.5 Å². The van der Waals surface area contributed by atoms with Gasteiger partial charge in [0.2, 0.25) is 0 Å². The topological polar surface area (TPSA) is 37.3 Å². The van der Waals surface area contributed by atoms with E-state index in [1.165, 1.54) is 0 Å². The van der Waals surface area contributed by atoms with Crippen LogP contribution in [-0.4, -0.2) is 11.1 Å². The highest BCUT2D eigenvalue weighted by atomic mass is 16.4. The minimum atomic E-state index is -0.706. The molecule has 0 spiro atoms. The normalized spacial score (nSPS) is 16.5. The van der Waals surface area contributed by atoms with Gasteiger partial charge in [0.15, 0.2) is 0 Å². The molecule has 0 bridgehead atoms. The number of carbonyl (C=O) groups is 1. The molecule has 1 aromatic rings. The summed E-state index contributed by atoms with van der Waals surface area (Å²) in [4.78, 5) is 10.9. The fourth-order valence-electron chi connectivity index (χ4n) is 2.28. The van der Waals surface area contributed by atoms with Gasteiger partial charge in [-0.15, -0.1) is 0 Å². The van der Waals surface area contributed by atoms with E-state index in [9.17, 15) is 4.79 Å². The maximum absolute atomic E-state index is 10.9. The quantitative estimate of drug-likeness (QED) is 0.837. The number of benzene rings is 1. The predicted molar refractivity (Wildman–Crippen MR) is 68.9 cm³/mol. The monoisotopic (exact) mass is 230 g/mol. The molecular formula is C15H18O2. The summed E-state index contributed by atoms with van der Waals surface area (Å²) in [5.41, 5.74) is 3.28. The van der Waals surface area contributed by atoms with Gasteiger partial charge >= 0.3 is 5.97 Å². The van der Waals surface area contributed by atoms with Gasteiger partial charge in [-0.25, -0.2) is 0 Å². The Labute approximate surface area is 102 Å². The number of carboxylic acid groups (broad SMARTS) is 1. The van der Waals surface area contributed by atoms with Gasteiger partial charge in [0, 0.05) is 0 Å². The highest BCUT2D eigenvalue weighted by molar-refractivity contribution is 5.68. The van der Waals surface area contributed by atoms with E-state index < -0.39 is 5.97 Å². The molecule has 2 heteroatoms. The fourth-order valence-corrected chi connectivity index (χ4v) is 2.28. The Morgan fingerprint density at radius 3 is 2.76 bits per heavy atom. The van der Waals surface area contributed by atoms with Crippen molar-refractivity contribution in [3.8, 4) is 0 Å². The van der Waals surface area contributed by atoms with Crippen LogP contribution >= 0.6 is 0 Å². The first-order valence-electron chi connectivity index (χ1n) is 6.05. The predicted octanol–water partition coefficient (Wildman–Crippen LogP) is 3.69. The second-order valence-corrected chi connectivity index (χ2v) is 4.95. The van der Waals surface area contributed by atoms with Crippen LogP contribution in [0.4, 0.5) is 0 Å². The van der Waals surface area contributed by atoms with Crippen LogP contribution in [0.25, 0.3) is 5.57 Å². The molecule has 0 saturated heterocycles. The van der Waals surface area contributed by atoms with Crippen LogP contribution in [0.1, 0.15) is 43.2 Å². The summed E-state index contributed by atoms with van der Waals surface area (Å²) in [6.45, 7) is 5.91. The first-order chi connectivity index (χ1) is 8.08. The molecule has 1 fully saturated rings. The first-order valence-corrected chi connectivity index (χ1v) is 6.05. The van der Waals surface area contributed by atoms with Crippen LogP contribution in [0.2, 0.25) is 0 Å². The average molecular weight is 230 g/mol. The zero-order chi connectivity index (χ0) is 12.4. The standard InChI is InChI=1S/C15H18O2/c1-10(2)12-4-3-5-13(8-12)14(9-15(16)17)11-6-7-11/h3-5,8,11,14H,1,6-7,9H2,2H3,(H,16,17). The van der Waals surface area contributed by atoms with Crippen molar-refractivity contribution in [1.82, 2.24) is 0 Å². The molecule has 1 aliphatic carbocycles. The third-order valence-corrected chi connectivity index (χ3v) is 3.39. The minimum Gasteiger partial charge on any atom is -0.481 e. The molecule has 0 aromatic heterocycles. The molecule has 0 aliphatic heterocycles. The van der Waals surface area contributed by atoms with E-state index in [1.807, 2.05) is 25.1 Å². The Balaban J connectivity index is 2.25. The van der Waals surface area contributed by atoms with Crippen LogP contribution in [0.5, 0.6) is 0 Å². The zero-order valence-electron chi connectivity index (χ0n) is 10.1. The van der Waals surface area contributed by atoms with Crippen LogP contribution in [0.3, 0.4) is 0 Å². The molecule has 0 heterocycles. The van der Waals surface area contributed by atoms with E-state index in [2.05, 4.69) is 12.6 Å². The van der Waals surface area contributed by atoms with Crippen LogP contribution in [0.15, 0.2) is 30.8 Å². The molecular weight excluding hydrogens is 212 g/mol. The first kappa shape index (κ1) is 11.9. The molecule has 1 atom stereocenters. The lowest BCUT2D eigenvalue weighted by Gasteiger charge is -2.15. The average Bonchev–Trinajstić information content (AvgIpc) is 3.09. The van der Waals surface area contributed by atoms with E-state index in [1.54, 1.807) is 0 Å². The molecule has 2 rings (SSSR count). The summed E-state index contributed by atoms with van der Waals surface area (Å²) in [5, 5.41) is 8.98. The Morgan fingerprint density at radius 1 is 1.53 bits per heavy atom. The minimum absolute atomic E-state index is 0.173. The van der Waals surface area contributed by atoms with Crippen molar-refractivity contribution in [3.63, 3.8) is 0 Å². The summed E-state index contributed by atoms with van der Waals surface area (Å²) < 4.78 is 0. The van der Waals surface area contributed by atoms with Gasteiger partial charge < -0.3 is 5.11 Å². The van der Waals surface area contributed by atoms with Crippen molar-refractivity contribution < 1.29 is 9.90 Å². The van der Waals surface area contributed by atoms with Gasteiger partial charge in [-0.2, -0.15) is 0 Å². The summed E-state index contributed by atoms with van der Waals surface area (Å²) >= 11 is 0. The van der Waals surface area contributed by atoms with Gasteiger partial charge in [-0.05, 0) is 42.7 Å². The molecule has 0 amide bonds. The lowest BCUT2D eigenvalue weighted by atomic mass is 9.89. The van der Waals surface area contributed by atoms with Crippen molar-refractivity contribution in [3.05, 3.63) is 42.0 Å². The van der Waals surface area contributed by atoms with Gasteiger partial charge in [0.1, 0.15) is 0 Å². The molecule has 1 aromatic carbocycles. The third kappa shape index (κ3) is 2.96. The van der Waals surface area contributed by atoms with E-state index >= 15 is 0 Å². The smallest absolute Gasteiger partial charge is 0.303 e. The summed E-state index contributed by atoms with van der Waals surface area (Å²) in [6, 6.07) is 8.15. The number of aliphatic carboxylic acids is 1. The fraction of sp³-hybridized carbons (Fsp3) is 0.400. The SMILES string of the molecule is C=C(C)c1cccc(C(CC(=O)O)C2CC2)c1. The van der Waals surface area contributed by atoms with E-state index in [-0.39, 0.29) is 12.3 Å². The highest BCUT2D eigenvalue weighted by Gasteiger charge is 2.33. The van der Waals surface area contributed by atoms with Crippen LogP contribution in [0, 0.1) is 5.92 Å². The van der Waals surface area contributed by atoms with Crippen molar-refractivity contribution in [2.45, 2.75) is 32.1 Å². The van der Waals surface area contributed by atoms with Gasteiger partial charge in [0.25, 0.3) is 0 Å². The summed E-state index contributed by atoms with van der Waals surface area (Å²) in [7, 11) is 0. The Morgan fingerprint density at radius 2 is 2.24 bits per heavy atom. The van der Waals surface area contributed by atoms with Crippen LogP contribution < -0.4 is 0 Å². The summed E-state index contributed by atoms with van der Waals surface area (Å²) in [5.74, 6) is 0.0286. The van der Waals surface area contributed by atoms with Gasteiger partial charge in [0.05, 0.1) is 6.42 Å². The summed E-state index contributed by atoms with van der Waals surface area (Å²) in [6.07, 6.45) is 2.56. The molecule has 1 unspecified atom stereocenters. The second-order valence-electron chi connectivity index (χ2n) is 4.95. The highest BCUT2D eigenvalue weighted by Crippen LogP contribution is 2.44. The van der Waals surface area contributed by atoms with Crippen molar-refractivity contribution in [2.24, 2.45) is 5.92 Å². The Kier molecular flexibility index (Phi) is 3.32. The molecule has 2 nitrogen and oxygen atoms in total. The Bertz CT molecular complexity index is 444. The number of hydrogen-bond donors (Lipinski definition) is 1. The van der Waals surface area contributed by atoms with E-state index in [0.29, 0.717) is 5.92 Å². The lowest BCUT2D eigenvalue weighted by Crippen LogP contribution is -2.08. The molecule has 90 valence electrons. The van der Waals surface area contributed by atoms with Gasteiger partial charge in [-0.1, -0.05) is 36.4 Å². The molecule has 1 aliphatic rings. The maximum atomic E-state index is 10.9. The van der Waals surface area contributed by atoms with Gasteiger partial charge in [-0.3, -0.25) is 4.79 Å².